The van der Waals surface area contributed by atoms with Crippen LogP contribution in [0.15, 0.2) is 65.0 Å². The van der Waals surface area contributed by atoms with Crippen molar-refractivity contribution in [1.82, 2.24) is 14.8 Å². The molecule has 0 atom stereocenters. The second kappa shape index (κ2) is 9.52. The molecule has 7 heteroatoms. The van der Waals surface area contributed by atoms with Gasteiger partial charge in [-0.25, -0.2) is 4.39 Å². The number of aldehydes is 1. The van der Waals surface area contributed by atoms with Crippen molar-refractivity contribution < 1.29 is 14.3 Å². The maximum Gasteiger partial charge on any atom is 0.143 e. The summed E-state index contributed by atoms with van der Waals surface area (Å²) in [5.41, 5.74) is 4.35. The van der Waals surface area contributed by atoms with Crippen LogP contribution in [-0.4, -0.2) is 32.8 Å². The van der Waals surface area contributed by atoms with Crippen molar-refractivity contribution in [2.45, 2.75) is 6.54 Å². The van der Waals surface area contributed by atoms with Crippen molar-refractivity contribution in [2.24, 2.45) is 0 Å². The van der Waals surface area contributed by atoms with Crippen LogP contribution in [0.1, 0.15) is 5.69 Å². The Kier molecular flexibility index (Phi) is 6.83. The fourth-order valence-electron chi connectivity index (χ4n) is 2.97. The zero-order valence-electron chi connectivity index (χ0n) is 14.8. The smallest absolute Gasteiger partial charge is 0.143 e. The molecule has 0 aliphatic carbocycles. The third kappa shape index (κ3) is 4.26. The molecule has 0 bridgehead atoms. The Labute approximate surface area is 175 Å². The molecule has 1 aromatic carbocycles. The van der Waals surface area contributed by atoms with Gasteiger partial charge in [0, 0.05) is 29.1 Å². The van der Waals surface area contributed by atoms with Crippen molar-refractivity contribution in [2.75, 3.05) is 6.61 Å². The van der Waals surface area contributed by atoms with Gasteiger partial charge in [-0.05, 0) is 58.2 Å². The van der Waals surface area contributed by atoms with Gasteiger partial charge in [0.2, 0.25) is 0 Å². The van der Waals surface area contributed by atoms with Crippen LogP contribution < -0.4 is 0 Å². The summed E-state index contributed by atoms with van der Waals surface area (Å²) in [5.74, 6) is -0.335. The molecule has 0 unspecified atom stereocenters. The average molecular weight is 489 g/mol. The number of allylic oxidation sites excluding steroid dienone is 3. The number of benzene rings is 1. The molecule has 142 valence electrons. The quantitative estimate of drug-likeness (QED) is 0.233. The summed E-state index contributed by atoms with van der Waals surface area (Å²) in [5, 5.41) is 14.2. The number of carbonyl (C=O) groups is 1. The largest absolute Gasteiger partial charge is 0.394 e. The average Bonchev–Trinajstić information content (AvgIpc) is 3.08. The summed E-state index contributed by atoms with van der Waals surface area (Å²) in [4.78, 5) is 15.3. The SMILES string of the molecule is O=C/C=C(\C=C/I)c1c(-c2ccncc2)c(-c2ccc(F)cc2)nn1CCO. The molecule has 0 aliphatic heterocycles. The topological polar surface area (TPSA) is 68.0 Å². The van der Waals surface area contributed by atoms with Gasteiger partial charge in [-0.3, -0.25) is 14.5 Å². The van der Waals surface area contributed by atoms with E-state index in [-0.39, 0.29) is 19.0 Å². The first-order chi connectivity index (χ1) is 13.7. The second-order valence-electron chi connectivity index (χ2n) is 5.81. The van der Waals surface area contributed by atoms with Crippen molar-refractivity contribution in [3.05, 3.63) is 76.5 Å². The first kappa shape index (κ1) is 20.1. The van der Waals surface area contributed by atoms with Crippen molar-refractivity contribution in [3.8, 4) is 22.4 Å². The van der Waals surface area contributed by atoms with E-state index in [1.165, 1.54) is 18.2 Å². The van der Waals surface area contributed by atoms with Crippen LogP contribution in [0.4, 0.5) is 4.39 Å². The van der Waals surface area contributed by atoms with Crippen LogP contribution in [0.2, 0.25) is 0 Å². The molecule has 0 amide bonds. The van der Waals surface area contributed by atoms with Crippen LogP contribution in [0.5, 0.6) is 0 Å². The molecule has 2 aromatic heterocycles. The van der Waals surface area contributed by atoms with Crippen molar-refractivity contribution in [3.63, 3.8) is 0 Å². The van der Waals surface area contributed by atoms with Gasteiger partial charge in [0.1, 0.15) is 17.8 Å². The lowest BCUT2D eigenvalue weighted by Gasteiger charge is -2.10. The number of pyridine rings is 1. The highest BCUT2D eigenvalue weighted by molar-refractivity contribution is 14.1. The summed E-state index contributed by atoms with van der Waals surface area (Å²) in [7, 11) is 0. The van der Waals surface area contributed by atoms with Gasteiger partial charge in [-0.15, -0.1) is 0 Å². The Morgan fingerprint density at radius 2 is 1.86 bits per heavy atom. The fraction of sp³-hybridized carbons (Fsp3) is 0.0952. The number of hydrogen-bond donors (Lipinski definition) is 1. The molecule has 2 heterocycles. The van der Waals surface area contributed by atoms with Crippen LogP contribution in [0, 0.1) is 5.82 Å². The Bertz CT molecular complexity index is 1010. The second-order valence-corrected chi connectivity index (χ2v) is 6.53. The maximum absolute atomic E-state index is 13.4. The summed E-state index contributed by atoms with van der Waals surface area (Å²) >= 11 is 2.08. The molecule has 0 radical (unpaired) electrons. The van der Waals surface area contributed by atoms with E-state index in [0.29, 0.717) is 17.0 Å². The van der Waals surface area contributed by atoms with Gasteiger partial charge in [0.15, 0.2) is 0 Å². The summed E-state index contributed by atoms with van der Waals surface area (Å²) < 4.78 is 16.9. The fourth-order valence-corrected chi connectivity index (χ4v) is 3.36. The van der Waals surface area contributed by atoms with Gasteiger partial charge in [0.05, 0.1) is 18.8 Å². The molecule has 0 aliphatic rings. The highest BCUT2D eigenvalue weighted by Crippen LogP contribution is 2.38. The highest BCUT2D eigenvalue weighted by Gasteiger charge is 2.22. The van der Waals surface area contributed by atoms with Crippen LogP contribution >= 0.6 is 22.6 Å². The number of hydrogen-bond acceptors (Lipinski definition) is 4. The van der Waals surface area contributed by atoms with Gasteiger partial charge >= 0.3 is 0 Å². The normalized spacial score (nSPS) is 11.9. The molecule has 1 N–H and O–H groups in total. The van der Waals surface area contributed by atoms with E-state index in [4.69, 9.17) is 0 Å². The molecular weight excluding hydrogens is 472 g/mol. The van der Waals surface area contributed by atoms with Gasteiger partial charge < -0.3 is 5.11 Å². The molecule has 28 heavy (non-hydrogen) atoms. The number of rotatable bonds is 7. The van der Waals surface area contributed by atoms with Gasteiger partial charge in [0.25, 0.3) is 0 Å². The Hall–Kier alpha value is -2.65. The summed E-state index contributed by atoms with van der Waals surface area (Å²) in [6, 6.07) is 9.78. The third-order valence-corrected chi connectivity index (χ3v) is 4.47. The number of aliphatic hydroxyl groups is 1. The van der Waals surface area contributed by atoms with E-state index in [1.54, 1.807) is 39.4 Å². The third-order valence-electron chi connectivity index (χ3n) is 4.11. The molecule has 0 saturated carbocycles. The van der Waals surface area contributed by atoms with Crippen LogP contribution in [0.3, 0.4) is 0 Å². The lowest BCUT2D eigenvalue weighted by Crippen LogP contribution is -2.08. The standard InChI is InChI=1S/C21H17FIN3O2/c22-18-3-1-16(2-4-18)20-19(15-6-10-24-11-7-15)21(26(25-20)12-14-28)17(5-9-23)8-13-27/h1-11,13,28H,12,14H2/b9-5-,17-8+. The molecule has 3 aromatic rings. The summed E-state index contributed by atoms with van der Waals surface area (Å²) in [6.07, 6.45) is 7.33. The van der Waals surface area contributed by atoms with Gasteiger partial charge in [-0.2, -0.15) is 5.10 Å². The lowest BCUT2D eigenvalue weighted by molar-refractivity contribution is -0.104. The Morgan fingerprint density at radius 1 is 1.14 bits per heavy atom. The van der Waals surface area contributed by atoms with Crippen molar-refractivity contribution >= 4 is 34.5 Å². The van der Waals surface area contributed by atoms with Gasteiger partial charge in [-0.1, -0.05) is 22.6 Å². The number of nitrogens with zero attached hydrogens (tertiary/aromatic N) is 3. The number of aromatic nitrogens is 3. The molecular formula is C21H17FIN3O2. The maximum atomic E-state index is 13.4. The highest BCUT2D eigenvalue weighted by atomic mass is 127. The molecule has 5 nitrogen and oxygen atoms in total. The van der Waals surface area contributed by atoms with E-state index in [2.05, 4.69) is 32.7 Å². The number of aliphatic hydroxyl groups excluding tert-OH is 1. The number of halogens is 2. The van der Waals surface area contributed by atoms with E-state index in [1.807, 2.05) is 12.1 Å². The van der Waals surface area contributed by atoms with Crippen LogP contribution in [-0.2, 0) is 11.3 Å². The minimum atomic E-state index is -0.335. The number of carbonyl (C=O) groups excluding carboxylic acids is 1. The monoisotopic (exact) mass is 489 g/mol. The van der Waals surface area contributed by atoms with E-state index in [0.717, 1.165) is 23.0 Å². The van der Waals surface area contributed by atoms with Crippen molar-refractivity contribution in [1.29, 1.82) is 0 Å². The molecule has 0 spiro atoms. The predicted octanol–water partition coefficient (Wildman–Crippen LogP) is 4.27. The van der Waals surface area contributed by atoms with Crippen LogP contribution in [0.25, 0.3) is 28.0 Å². The summed E-state index contributed by atoms with van der Waals surface area (Å²) in [6.45, 7) is 0.134. The van der Waals surface area contributed by atoms with E-state index < -0.39 is 0 Å². The minimum absolute atomic E-state index is 0.115. The van der Waals surface area contributed by atoms with E-state index >= 15 is 0 Å². The Morgan fingerprint density at radius 3 is 2.46 bits per heavy atom. The molecule has 3 rings (SSSR count). The lowest BCUT2D eigenvalue weighted by atomic mass is 9.96. The Balaban J connectivity index is 2.37. The molecule has 0 fully saturated rings. The minimum Gasteiger partial charge on any atom is -0.394 e. The zero-order chi connectivity index (χ0) is 19.9. The zero-order valence-corrected chi connectivity index (χ0v) is 17.0. The first-order valence-electron chi connectivity index (χ1n) is 8.50. The molecule has 0 saturated heterocycles. The predicted molar refractivity (Wildman–Crippen MR) is 115 cm³/mol. The first-order valence-corrected chi connectivity index (χ1v) is 9.74. The van der Waals surface area contributed by atoms with E-state index in [9.17, 15) is 14.3 Å².